The van der Waals surface area contributed by atoms with Crippen LogP contribution >= 0.6 is 0 Å². The van der Waals surface area contributed by atoms with Gasteiger partial charge in [-0.2, -0.15) is 0 Å². The van der Waals surface area contributed by atoms with Gasteiger partial charge in [-0.15, -0.1) is 5.73 Å². The number of aryl methyl sites for hydroxylation is 1. The van der Waals surface area contributed by atoms with E-state index in [1.165, 1.54) is 31.3 Å². The first kappa shape index (κ1) is 16.0. The number of benzene rings is 1. The minimum atomic E-state index is -3.37. The van der Waals surface area contributed by atoms with Crippen molar-refractivity contribution in [2.24, 2.45) is 0 Å². The minimum Gasteiger partial charge on any atom is -0.211 e. The summed E-state index contributed by atoms with van der Waals surface area (Å²) in [5, 5.41) is 0. The van der Waals surface area contributed by atoms with Gasteiger partial charge in [-0.05, 0) is 69.2 Å². The van der Waals surface area contributed by atoms with Crippen LogP contribution in [-0.4, -0.2) is 15.0 Å². The molecule has 1 fully saturated rings. The number of sulfonamides is 1. The van der Waals surface area contributed by atoms with Gasteiger partial charge < -0.3 is 0 Å². The van der Waals surface area contributed by atoms with E-state index in [-0.39, 0.29) is 0 Å². The zero-order valence-electron chi connectivity index (χ0n) is 12.6. The fourth-order valence-electron chi connectivity index (χ4n) is 2.37. The van der Waals surface area contributed by atoms with Crippen LogP contribution in [0.4, 0.5) is 0 Å². The van der Waals surface area contributed by atoms with Gasteiger partial charge >= 0.3 is 0 Å². The Bertz CT molecular complexity index is 615. The number of rotatable bonds is 6. The third kappa shape index (κ3) is 5.16. The number of unbranched alkanes of at least 4 members (excludes halogenated alkanes) is 1. The molecule has 4 heteroatoms. The highest BCUT2D eigenvalue weighted by atomic mass is 32.2. The van der Waals surface area contributed by atoms with E-state index in [9.17, 15) is 8.42 Å². The summed E-state index contributed by atoms with van der Waals surface area (Å²) in [7, 11) is -3.37. The van der Waals surface area contributed by atoms with Gasteiger partial charge in [-0.1, -0.05) is 17.7 Å². The molecule has 0 unspecified atom stereocenters. The molecular formula is C17H23NO2S. The molecule has 0 atom stereocenters. The van der Waals surface area contributed by atoms with Crippen molar-refractivity contribution < 1.29 is 8.42 Å². The normalized spacial score (nSPS) is 15.0. The molecule has 0 aliphatic heterocycles. The molecule has 0 aromatic heterocycles. The Hall–Kier alpha value is -1.35. The van der Waals surface area contributed by atoms with Crippen molar-refractivity contribution in [3.05, 3.63) is 47.2 Å². The number of allylic oxidation sites excluding steroid dienone is 1. The van der Waals surface area contributed by atoms with Crippen molar-refractivity contribution in [3.8, 4) is 0 Å². The first-order valence-electron chi connectivity index (χ1n) is 7.57. The van der Waals surface area contributed by atoms with Crippen LogP contribution in [0.5, 0.6) is 0 Å². The SMILES string of the molecule is Cc1ccc(S(=O)(=O)NCCCC=C=C2CCCC2)cc1. The first-order valence-corrected chi connectivity index (χ1v) is 9.05. The molecule has 1 aromatic rings. The molecule has 21 heavy (non-hydrogen) atoms. The fraction of sp³-hybridized carbons (Fsp3) is 0.471. The van der Waals surface area contributed by atoms with E-state index in [4.69, 9.17) is 0 Å². The number of hydrogen-bond donors (Lipinski definition) is 1. The molecule has 1 aromatic carbocycles. The molecule has 114 valence electrons. The second kappa shape index (κ2) is 7.60. The Morgan fingerprint density at radius 1 is 1.19 bits per heavy atom. The van der Waals surface area contributed by atoms with Crippen molar-refractivity contribution in [2.45, 2.75) is 50.3 Å². The molecule has 0 spiro atoms. The maximum absolute atomic E-state index is 12.0. The summed E-state index contributed by atoms with van der Waals surface area (Å²) in [6, 6.07) is 6.90. The standard InChI is InChI=1S/C17H23NO2S/c1-15-10-12-17(13-11-15)21(19,20)18-14-6-2-3-7-16-8-4-5-9-16/h3,10-13,18H,2,4-6,8-9,14H2,1H3. The predicted octanol–water partition coefficient (Wildman–Crippen LogP) is 3.71. The lowest BCUT2D eigenvalue weighted by Crippen LogP contribution is -2.24. The molecule has 1 aliphatic carbocycles. The second-order valence-corrected chi connectivity index (χ2v) is 7.28. The maximum Gasteiger partial charge on any atom is 0.240 e. The van der Waals surface area contributed by atoms with Gasteiger partial charge in [0, 0.05) is 6.54 Å². The Kier molecular flexibility index (Phi) is 5.80. The average Bonchev–Trinajstić information content (AvgIpc) is 2.96. The Labute approximate surface area is 127 Å². The lowest BCUT2D eigenvalue weighted by Gasteiger charge is -2.06. The smallest absolute Gasteiger partial charge is 0.211 e. The summed E-state index contributed by atoms with van der Waals surface area (Å²) in [6.07, 6.45) is 8.62. The molecule has 1 saturated carbocycles. The van der Waals surface area contributed by atoms with Crippen LogP contribution in [-0.2, 0) is 10.0 Å². The van der Waals surface area contributed by atoms with Crippen LogP contribution in [0, 0.1) is 6.92 Å². The van der Waals surface area contributed by atoms with E-state index in [0.29, 0.717) is 11.4 Å². The molecule has 0 amide bonds. The van der Waals surface area contributed by atoms with Crippen LogP contribution in [0.1, 0.15) is 44.1 Å². The first-order chi connectivity index (χ1) is 10.1. The quantitative estimate of drug-likeness (QED) is 0.643. The molecule has 0 saturated heterocycles. The molecule has 3 nitrogen and oxygen atoms in total. The summed E-state index contributed by atoms with van der Waals surface area (Å²) in [5.41, 5.74) is 5.80. The van der Waals surface area contributed by atoms with Gasteiger partial charge in [0.1, 0.15) is 0 Å². The van der Waals surface area contributed by atoms with Gasteiger partial charge in [0.05, 0.1) is 4.90 Å². The third-order valence-corrected chi connectivity index (χ3v) is 5.14. The lowest BCUT2D eigenvalue weighted by atomic mass is 10.2. The van der Waals surface area contributed by atoms with Crippen molar-refractivity contribution in [2.75, 3.05) is 6.54 Å². The van der Waals surface area contributed by atoms with Crippen molar-refractivity contribution in [1.29, 1.82) is 0 Å². The van der Waals surface area contributed by atoms with E-state index < -0.39 is 10.0 Å². The molecule has 0 bridgehead atoms. The molecule has 0 heterocycles. The highest BCUT2D eigenvalue weighted by Crippen LogP contribution is 2.22. The summed E-state index contributed by atoms with van der Waals surface area (Å²) in [5.74, 6) is 0. The highest BCUT2D eigenvalue weighted by molar-refractivity contribution is 7.89. The lowest BCUT2D eigenvalue weighted by molar-refractivity contribution is 0.579. The number of hydrogen-bond acceptors (Lipinski definition) is 2. The van der Waals surface area contributed by atoms with Gasteiger partial charge in [0.2, 0.25) is 10.0 Å². The second-order valence-electron chi connectivity index (χ2n) is 5.51. The van der Waals surface area contributed by atoms with Gasteiger partial charge in [0.15, 0.2) is 0 Å². The van der Waals surface area contributed by atoms with Gasteiger partial charge in [0.25, 0.3) is 0 Å². The Morgan fingerprint density at radius 2 is 1.86 bits per heavy atom. The summed E-state index contributed by atoms with van der Waals surface area (Å²) < 4.78 is 26.7. The van der Waals surface area contributed by atoms with E-state index in [1.807, 2.05) is 25.1 Å². The molecule has 1 N–H and O–H groups in total. The van der Waals surface area contributed by atoms with Crippen LogP contribution in [0.3, 0.4) is 0 Å². The summed E-state index contributed by atoms with van der Waals surface area (Å²) >= 11 is 0. The highest BCUT2D eigenvalue weighted by Gasteiger charge is 2.12. The van der Waals surface area contributed by atoms with Crippen LogP contribution in [0.15, 0.2) is 46.5 Å². The van der Waals surface area contributed by atoms with Crippen LogP contribution in [0.25, 0.3) is 0 Å². The monoisotopic (exact) mass is 305 g/mol. The van der Waals surface area contributed by atoms with Crippen molar-refractivity contribution >= 4 is 10.0 Å². The predicted molar refractivity (Wildman–Crippen MR) is 85.7 cm³/mol. The Morgan fingerprint density at radius 3 is 2.52 bits per heavy atom. The molecule has 2 rings (SSSR count). The van der Waals surface area contributed by atoms with Crippen LogP contribution in [0.2, 0.25) is 0 Å². The third-order valence-electron chi connectivity index (χ3n) is 3.66. The van der Waals surface area contributed by atoms with Crippen molar-refractivity contribution in [1.82, 2.24) is 4.72 Å². The molecule has 1 aliphatic rings. The van der Waals surface area contributed by atoms with Gasteiger partial charge in [-0.3, -0.25) is 0 Å². The average molecular weight is 305 g/mol. The zero-order chi connectivity index (χ0) is 15.1. The minimum absolute atomic E-state index is 0.330. The zero-order valence-corrected chi connectivity index (χ0v) is 13.4. The van der Waals surface area contributed by atoms with Gasteiger partial charge in [-0.25, -0.2) is 13.1 Å². The van der Waals surface area contributed by atoms with Crippen molar-refractivity contribution in [3.63, 3.8) is 0 Å². The maximum atomic E-state index is 12.0. The van der Waals surface area contributed by atoms with E-state index >= 15 is 0 Å². The van der Waals surface area contributed by atoms with E-state index in [2.05, 4.69) is 10.5 Å². The number of nitrogens with one attached hydrogen (secondary N) is 1. The topological polar surface area (TPSA) is 46.2 Å². The summed E-state index contributed by atoms with van der Waals surface area (Å²) in [6.45, 7) is 2.40. The van der Waals surface area contributed by atoms with E-state index in [0.717, 1.165) is 18.4 Å². The largest absolute Gasteiger partial charge is 0.240 e. The molecule has 0 radical (unpaired) electrons. The Balaban J connectivity index is 1.77. The van der Waals surface area contributed by atoms with Crippen LogP contribution < -0.4 is 4.72 Å². The fourth-order valence-corrected chi connectivity index (χ4v) is 3.45. The summed E-state index contributed by atoms with van der Waals surface area (Å²) in [4.78, 5) is 0.330. The van der Waals surface area contributed by atoms with E-state index in [1.54, 1.807) is 12.1 Å². The molecular weight excluding hydrogens is 282 g/mol.